The van der Waals surface area contributed by atoms with E-state index in [1.54, 1.807) is 11.8 Å². The zero-order valence-corrected chi connectivity index (χ0v) is 8.44. The zero-order chi connectivity index (χ0) is 9.23. The summed E-state index contributed by atoms with van der Waals surface area (Å²) in [6.45, 7) is 4.02. The average molecular weight is 193 g/mol. The number of nitrogens with one attached hydrogen (secondary N) is 1. The molecule has 0 aromatic heterocycles. The summed E-state index contributed by atoms with van der Waals surface area (Å²) in [5, 5.41) is 20.7. The second kappa shape index (κ2) is 9.32. The molecule has 0 radical (unpaired) electrons. The quantitative estimate of drug-likeness (QED) is 0.478. The van der Waals surface area contributed by atoms with E-state index >= 15 is 0 Å². The molecule has 0 amide bonds. The highest BCUT2D eigenvalue weighted by molar-refractivity contribution is 7.99. The van der Waals surface area contributed by atoms with E-state index < -0.39 is 6.10 Å². The molecule has 0 bridgehead atoms. The minimum Gasteiger partial charge on any atom is -0.394 e. The van der Waals surface area contributed by atoms with Crippen LogP contribution in [0.15, 0.2) is 0 Å². The Bertz CT molecular complexity index is 93.1. The monoisotopic (exact) mass is 193 g/mol. The molecule has 0 aliphatic carbocycles. The highest BCUT2D eigenvalue weighted by atomic mass is 32.2. The van der Waals surface area contributed by atoms with E-state index in [2.05, 4.69) is 12.2 Å². The van der Waals surface area contributed by atoms with Gasteiger partial charge in [0.05, 0.1) is 12.7 Å². The van der Waals surface area contributed by atoms with Crippen molar-refractivity contribution in [3.05, 3.63) is 0 Å². The molecule has 0 aromatic carbocycles. The third kappa shape index (κ3) is 8.33. The number of rotatable bonds is 8. The average Bonchev–Trinajstić information content (AvgIpc) is 2.10. The van der Waals surface area contributed by atoms with Crippen molar-refractivity contribution in [1.29, 1.82) is 0 Å². The Morgan fingerprint density at radius 3 is 2.83 bits per heavy atom. The standard InChI is InChI=1S/C8H19NO2S/c1-2-9-4-3-5-12-7-8(11)6-10/h8-11H,2-7H2,1H3. The molecule has 74 valence electrons. The number of hydrogen-bond donors (Lipinski definition) is 3. The van der Waals surface area contributed by atoms with E-state index in [9.17, 15) is 0 Å². The summed E-state index contributed by atoms with van der Waals surface area (Å²) >= 11 is 1.69. The molecule has 12 heavy (non-hydrogen) atoms. The summed E-state index contributed by atoms with van der Waals surface area (Å²) in [5.74, 6) is 1.69. The minimum atomic E-state index is -0.547. The summed E-state index contributed by atoms with van der Waals surface area (Å²) in [6, 6.07) is 0. The number of thioether (sulfide) groups is 1. The molecule has 0 aromatic rings. The lowest BCUT2D eigenvalue weighted by molar-refractivity contribution is 0.113. The lowest BCUT2D eigenvalue weighted by atomic mass is 10.4. The molecule has 0 saturated carbocycles. The highest BCUT2D eigenvalue weighted by Gasteiger charge is 2.00. The van der Waals surface area contributed by atoms with Crippen LogP contribution in [0.3, 0.4) is 0 Å². The molecule has 0 fully saturated rings. The van der Waals surface area contributed by atoms with Crippen molar-refractivity contribution in [2.75, 3.05) is 31.2 Å². The molecule has 3 nitrogen and oxygen atoms in total. The molecule has 0 spiro atoms. The van der Waals surface area contributed by atoms with Gasteiger partial charge in [0.15, 0.2) is 0 Å². The van der Waals surface area contributed by atoms with Gasteiger partial charge in [0.1, 0.15) is 0 Å². The first-order valence-electron chi connectivity index (χ1n) is 4.38. The van der Waals surface area contributed by atoms with E-state index in [0.29, 0.717) is 5.75 Å². The predicted octanol–water partition coefficient (Wildman–Crippen LogP) is 0.0724. The van der Waals surface area contributed by atoms with E-state index in [4.69, 9.17) is 10.2 Å². The minimum absolute atomic E-state index is 0.125. The van der Waals surface area contributed by atoms with Crippen molar-refractivity contribution >= 4 is 11.8 Å². The van der Waals surface area contributed by atoms with Gasteiger partial charge < -0.3 is 15.5 Å². The van der Waals surface area contributed by atoms with Gasteiger partial charge in [0.25, 0.3) is 0 Å². The topological polar surface area (TPSA) is 52.5 Å². The van der Waals surface area contributed by atoms with Crippen LogP contribution in [0.4, 0.5) is 0 Å². The molecule has 0 rings (SSSR count). The second-order valence-electron chi connectivity index (χ2n) is 2.62. The van der Waals surface area contributed by atoms with Gasteiger partial charge in [-0.2, -0.15) is 11.8 Å². The van der Waals surface area contributed by atoms with Crippen LogP contribution in [-0.2, 0) is 0 Å². The van der Waals surface area contributed by atoms with Gasteiger partial charge in [-0.3, -0.25) is 0 Å². The normalized spacial score (nSPS) is 13.2. The molecule has 1 atom stereocenters. The Morgan fingerprint density at radius 1 is 1.50 bits per heavy atom. The molecular formula is C8H19NO2S. The Balaban J connectivity index is 2.90. The number of aliphatic hydroxyl groups is 2. The van der Waals surface area contributed by atoms with E-state index in [0.717, 1.165) is 25.3 Å². The predicted molar refractivity (Wildman–Crippen MR) is 53.6 cm³/mol. The van der Waals surface area contributed by atoms with E-state index in [-0.39, 0.29) is 6.61 Å². The molecule has 0 saturated heterocycles. The maximum absolute atomic E-state index is 8.97. The first-order valence-corrected chi connectivity index (χ1v) is 5.54. The molecule has 0 aliphatic heterocycles. The molecule has 0 heterocycles. The SMILES string of the molecule is CCNCCCSCC(O)CO. The second-order valence-corrected chi connectivity index (χ2v) is 3.77. The third-order valence-corrected chi connectivity index (χ3v) is 2.61. The van der Waals surface area contributed by atoms with Gasteiger partial charge in [-0.1, -0.05) is 6.92 Å². The molecule has 4 heteroatoms. The lowest BCUT2D eigenvalue weighted by Crippen LogP contribution is -2.17. The van der Waals surface area contributed by atoms with Gasteiger partial charge in [0, 0.05) is 5.75 Å². The van der Waals surface area contributed by atoms with Crippen LogP contribution in [0.25, 0.3) is 0 Å². The maximum atomic E-state index is 8.97. The first kappa shape index (κ1) is 12.2. The van der Waals surface area contributed by atoms with Crippen molar-refractivity contribution in [3.8, 4) is 0 Å². The van der Waals surface area contributed by atoms with E-state index in [1.807, 2.05) is 0 Å². The Hall–Kier alpha value is 0.230. The van der Waals surface area contributed by atoms with Crippen molar-refractivity contribution in [3.63, 3.8) is 0 Å². The Kier molecular flexibility index (Phi) is 9.50. The Morgan fingerprint density at radius 2 is 2.25 bits per heavy atom. The highest BCUT2D eigenvalue weighted by Crippen LogP contribution is 2.03. The van der Waals surface area contributed by atoms with Gasteiger partial charge in [-0.15, -0.1) is 0 Å². The zero-order valence-electron chi connectivity index (χ0n) is 7.62. The van der Waals surface area contributed by atoms with Crippen molar-refractivity contribution in [1.82, 2.24) is 5.32 Å². The van der Waals surface area contributed by atoms with Crippen molar-refractivity contribution in [2.45, 2.75) is 19.4 Å². The fraction of sp³-hybridized carbons (Fsp3) is 1.00. The largest absolute Gasteiger partial charge is 0.394 e. The first-order chi connectivity index (χ1) is 5.81. The van der Waals surface area contributed by atoms with Gasteiger partial charge in [-0.25, -0.2) is 0 Å². The Labute approximate surface area is 78.6 Å². The fourth-order valence-corrected chi connectivity index (χ4v) is 1.64. The smallest absolute Gasteiger partial charge is 0.0861 e. The van der Waals surface area contributed by atoms with Crippen molar-refractivity contribution in [2.24, 2.45) is 0 Å². The summed E-state index contributed by atoms with van der Waals surface area (Å²) < 4.78 is 0. The fourth-order valence-electron chi connectivity index (χ4n) is 0.748. The number of hydrogen-bond acceptors (Lipinski definition) is 4. The summed E-state index contributed by atoms with van der Waals surface area (Å²) in [6.07, 6.45) is 0.575. The van der Waals surface area contributed by atoms with Crippen LogP contribution < -0.4 is 5.32 Å². The van der Waals surface area contributed by atoms with Gasteiger partial charge in [-0.05, 0) is 25.3 Å². The van der Waals surface area contributed by atoms with Crippen LogP contribution in [-0.4, -0.2) is 47.5 Å². The van der Waals surface area contributed by atoms with Crippen LogP contribution in [0.5, 0.6) is 0 Å². The molecule has 3 N–H and O–H groups in total. The molecular weight excluding hydrogens is 174 g/mol. The van der Waals surface area contributed by atoms with Crippen LogP contribution in [0, 0.1) is 0 Å². The van der Waals surface area contributed by atoms with Crippen molar-refractivity contribution < 1.29 is 10.2 Å². The summed E-state index contributed by atoms with van der Waals surface area (Å²) in [7, 11) is 0. The van der Waals surface area contributed by atoms with E-state index in [1.165, 1.54) is 0 Å². The lowest BCUT2D eigenvalue weighted by Gasteiger charge is -2.06. The number of aliphatic hydroxyl groups excluding tert-OH is 2. The van der Waals surface area contributed by atoms with Gasteiger partial charge in [0.2, 0.25) is 0 Å². The summed E-state index contributed by atoms with van der Waals surface area (Å²) in [5.41, 5.74) is 0. The molecule has 0 aliphatic rings. The molecule has 1 unspecified atom stereocenters. The van der Waals surface area contributed by atoms with Crippen LogP contribution in [0.2, 0.25) is 0 Å². The van der Waals surface area contributed by atoms with Crippen LogP contribution in [0.1, 0.15) is 13.3 Å². The summed E-state index contributed by atoms with van der Waals surface area (Å²) in [4.78, 5) is 0. The third-order valence-electron chi connectivity index (χ3n) is 1.41. The maximum Gasteiger partial charge on any atom is 0.0861 e. The van der Waals surface area contributed by atoms with Crippen LogP contribution >= 0.6 is 11.8 Å². The van der Waals surface area contributed by atoms with Gasteiger partial charge >= 0.3 is 0 Å².